The fourth-order valence-electron chi connectivity index (χ4n) is 2.20. The van der Waals surface area contributed by atoms with Crippen LogP contribution >= 0.6 is 0 Å². The number of benzene rings is 1. The van der Waals surface area contributed by atoms with Gasteiger partial charge in [0.1, 0.15) is 0 Å². The summed E-state index contributed by atoms with van der Waals surface area (Å²) in [6, 6.07) is -0.890. The molecule has 1 aromatic carbocycles. The minimum absolute atomic E-state index is 0.211. The van der Waals surface area contributed by atoms with Crippen LogP contribution in [0.25, 0.3) is 0 Å². The first kappa shape index (κ1) is 15.2. The molecule has 0 fully saturated rings. The average Bonchev–Trinajstić information content (AvgIpc) is 2.37. The fourth-order valence-corrected chi connectivity index (χ4v) is 2.20. The van der Waals surface area contributed by atoms with E-state index in [9.17, 15) is 31.5 Å². The summed E-state index contributed by atoms with van der Waals surface area (Å²) >= 11 is 0. The lowest BCUT2D eigenvalue weighted by Gasteiger charge is -2.26. The van der Waals surface area contributed by atoms with Crippen molar-refractivity contribution in [2.45, 2.75) is 25.1 Å². The monoisotopic (exact) mass is 308 g/mol. The number of fused-ring (bicyclic) bond motifs is 1. The Kier molecular flexibility index (Phi) is 3.60. The highest BCUT2D eigenvalue weighted by Gasteiger charge is 2.42. The summed E-state index contributed by atoms with van der Waals surface area (Å²) in [5.74, 6) is -5.74. The largest absolute Gasteiger partial charge is 0.471 e. The molecule has 4 nitrogen and oxygen atoms in total. The van der Waals surface area contributed by atoms with Gasteiger partial charge in [0.05, 0.1) is 6.04 Å². The van der Waals surface area contributed by atoms with Gasteiger partial charge in [0.15, 0.2) is 17.4 Å². The summed E-state index contributed by atoms with van der Waals surface area (Å²) in [6.45, 7) is 0. The molecule has 3 N–H and O–H groups in total. The molecule has 114 valence electrons. The Hall–Kier alpha value is -2.19. The molecule has 2 rings (SSSR count). The Morgan fingerprint density at radius 1 is 1.33 bits per heavy atom. The van der Waals surface area contributed by atoms with Gasteiger partial charge >= 0.3 is 12.1 Å². The molecule has 0 spiro atoms. The van der Waals surface area contributed by atoms with Crippen LogP contribution in [0.5, 0.6) is 0 Å². The number of nitrogens with one attached hydrogen (secondary N) is 1. The van der Waals surface area contributed by atoms with E-state index in [1.54, 1.807) is 0 Å². The van der Waals surface area contributed by atoms with E-state index in [4.69, 9.17) is 5.73 Å². The first-order valence-corrected chi connectivity index (χ1v) is 5.81. The van der Waals surface area contributed by atoms with E-state index in [1.807, 2.05) is 0 Å². The number of carbonyl (C=O) groups excluding carboxylic acids is 2. The molecule has 0 aliphatic heterocycles. The van der Waals surface area contributed by atoms with Crippen molar-refractivity contribution >= 4 is 17.4 Å². The van der Waals surface area contributed by atoms with Gasteiger partial charge in [0, 0.05) is 22.9 Å². The molecule has 0 heterocycles. The third kappa shape index (κ3) is 2.67. The minimum atomic E-state index is -5.14. The number of amides is 1. The second kappa shape index (κ2) is 4.97. The number of anilines is 1. The average molecular weight is 308 g/mol. The van der Waals surface area contributed by atoms with E-state index in [1.165, 1.54) is 5.32 Å². The van der Waals surface area contributed by atoms with Crippen molar-refractivity contribution in [3.63, 3.8) is 0 Å². The number of rotatable bonds is 1. The van der Waals surface area contributed by atoms with Gasteiger partial charge < -0.3 is 11.1 Å². The molecule has 1 amide bonds. The van der Waals surface area contributed by atoms with E-state index < -0.39 is 35.5 Å². The first-order chi connectivity index (χ1) is 9.62. The number of hydrogen-bond donors (Lipinski definition) is 2. The molecular weight excluding hydrogens is 299 g/mol. The molecule has 0 saturated heterocycles. The molecule has 1 aromatic rings. The Balaban J connectivity index is 2.34. The zero-order valence-corrected chi connectivity index (χ0v) is 10.4. The standard InChI is InChI=1S/C12H9F5N2O2/c13-5-3-6(18)8-4(9(5)14)1-2-7(10(8)20)19-11(21)12(15,16)17/h3,7H,1-2,18H2,(H,19,21). The number of nitrogen functional groups attached to an aromatic ring is 1. The Labute approximate surface area is 115 Å². The number of ketones is 1. The number of hydrogen-bond acceptors (Lipinski definition) is 3. The molecule has 0 saturated carbocycles. The molecule has 21 heavy (non-hydrogen) atoms. The normalized spacial score (nSPS) is 18.3. The SMILES string of the molecule is Nc1cc(F)c(F)c2c1C(=O)C(NC(=O)C(F)(F)F)CC2. The second-order valence-corrected chi connectivity index (χ2v) is 4.54. The van der Waals surface area contributed by atoms with Gasteiger partial charge in [-0.2, -0.15) is 13.2 Å². The number of Topliss-reactive ketones (excluding diaryl/α,β-unsaturated/α-hetero) is 1. The van der Waals surface area contributed by atoms with Crippen molar-refractivity contribution in [2.75, 3.05) is 5.73 Å². The third-order valence-electron chi connectivity index (χ3n) is 3.16. The summed E-state index contributed by atoms with van der Waals surface area (Å²) in [4.78, 5) is 22.9. The van der Waals surface area contributed by atoms with Crippen LogP contribution in [-0.2, 0) is 11.2 Å². The zero-order valence-electron chi connectivity index (χ0n) is 10.4. The summed E-state index contributed by atoms with van der Waals surface area (Å²) in [5.41, 5.74) is 4.38. The van der Waals surface area contributed by atoms with Crippen molar-refractivity contribution < 1.29 is 31.5 Å². The number of alkyl halides is 3. The summed E-state index contributed by atoms with van der Waals surface area (Å²) < 4.78 is 63.2. The molecule has 0 aromatic heterocycles. The molecule has 1 aliphatic carbocycles. The highest BCUT2D eigenvalue weighted by atomic mass is 19.4. The predicted octanol–water partition coefficient (Wildman–Crippen LogP) is 1.72. The van der Waals surface area contributed by atoms with Crippen molar-refractivity contribution in [2.24, 2.45) is 0 Å². The molecule has 1 aliphatic rings. The van der Waals surface area contributed by atoms with Gasteiger partial charge in [0.25, 0.3) is 0 Å². The smallest absolute Gasteiger partial charge is 0.398 e. The lowest BCUT2D eigenvalue weighted by atomic mass is 9.85. The highest BCUT2D eigenvalue weighted by Crippen LogP contribution is 2.30. The molecule has 0 radical (unpaired) electrons. The van der Waals surface area contributed by atoms with Gasteiger partial charge in [-0.15, -0.1) is 0 Å². The van der Waals surface area contributed by atoms with Crippen LogP contribution in [0.2, 0.25) is 0 Å². The van der Waals surface area contributed by atoms with E-state index >= 15 is 0 Å². The number of nitrogens with two attached hydrogens (primary N) is 1. The molecule has 1 atom stereocenters. The van der Waals surface area contributed by atoms with E-state index in [2.05, 4.69) is 0 Å². The van der Waals surface area contributed by atoms with Crippen LogP contribution in [0.4, 0.5) is 27.6 Å². The van der Waals surface area contributed by atoms with Crippen LogP contribution in [0.1, 0.15) is 22.3 Å². The minimum Gasteiger partial charge on any atom is -0.398 e. The van der Waals surface area contributed by atoms with Crippen molar-refractivity contribution in [1.82, 2.24) is 5.32 Å². The topological polar surface area (TPSA) is 72.2 Å². The lowest BCUT2D eigenvalue weighted by molar-refractivity contribution is -0.174. The zero-order chi connectivity index (χ0) is 15.9. The third-order valence-corrected chi connectivity index (χ3v) is 3.16. The van der Waals surface area contributed by atoms with Gasteiger partial charge in [-0.25, -0.2) is 8.78 Å². The lowest BCUT2D eigenvalue weighted by Crippen LogP contribution is -2.48. The van der Waals surface area contributed by atoms with Crippen LogP contribution in [0, 0.1) is 11.6 Å². The van der Waals surface area contributed by atoms with Crippen LogP contribution in [0.3, 0.4) is 0 Å². The quantitative estimate of drug-likeness (QED) is 0.613. The summed E-state index contributed by atoms with van der Waals surface area (Å²) in [5, 5.41) is 1.53. The van der Waals surface area contributed by atoms with Crippen molar-refractivity contribution in [3.05, 3.63) is 28.8 Å². The van der Waals surface area contributed by atoms with Gasteiger partial charge in [-0.3, -0.25) is 9.59 Å². The fraction of sp³-hybridized carbons (Fsp3) is 0.333. The van der Waals surface area contributed by atoms with Crippen molar-refractivity contribution in [3.8, 4) is 0 Å². The number of halogens is 5. The van der Waals surface area contributed by atoms with Gasteiger partial charge in [-0.1, -0.05) is 0 Å². The summed E-state index contributed by atoms with van der Waals surface area (Å²) in [7, 11) is 0. The number of carbonyl (C=O) groups is 2. The van der Waals surface area contributed by atoms with E-state index in [-0.39, 0.29) is 29.7 Å². The highest BCUT2D eigenvalue weighted by molar-refractivity contribution is 6.08. The molecule has 0 bridgehead atoms. The molecule has 1 unspecified atom stereocenters. The Morgan fingerprint density at radius 3 is 2.52 bits per heavy atom. The van der Waals surface area contributed by atoms with Crippen LogP contribution in [0.15, 0.2) is 6.07 Å². The predicted molar refractivity (Wildman–Crippen MR) is 61.4 cm³/mol. The second-order valence-electron chi connectivity index (χ2n) is 4.54. The van der Waals surface area contributed by atoms with Crippen molar-refractivity contribution in [1.29, 1.82) is 0 Å². The Bertz CT molecular complexity index is 627. The van der Waals surface area contributed by atoms with E-state index in [0.717, 1.165) is 0 Å². The van der Waals surface area contributed by atoms with Gasteiger partial charge in [-0.05, 0) is 12.8 Å². The van der Waals surface area contributed by atoms with Gasteiger partial charge in [0.2, 0.25) is 0 Å². The first-order valence-electron chi connectivity index (χ1n) is 5.81. The van der Waals surface area contributed by atoms with E-state index in [0.29, 0.717) is 6.07 Å². The Morgan fingerprint density at radius 2 is 1.95 bits per heavy atom. The molecule has 9 heteroatoms. The maximum atomic E-state index is 13.6. The van der Waals surface area contributed by atoms with Crippen LogP contribution < -0.4 is 11.1 Å². The maximum Gasteiger partial charge on any atom is 0.471 e. The maximum absolute atomic E-state index is 13.6. The van der Waals surface area contributed by atoms with Crippen LogP contribution in [-0.4, -0.2) is 23.9 Å². The summed E-state index contributed by atoms with van der Waals surface area (Å²) in [6.07, 6.45) is -5.62. The molecular formula is C12H9F5N2O2.